The van der Waals surface area contributed by atoms with Crippen LogP contribution < -0.4 is 10.6 Å². The van der Waals surface area contributed by atoms with Gasteiger partial charge in [0.1, 0.15) is 12.1 Å². The number of nitrogens with zero attached hydrogens (tertiary/aromatic N) is 2. The maximum atomic E-state index is 13.0. The van der Waals surface area contributed by atoms with Crippen molar-refractivity contribution in [3.8, 4) is 11.5 Å². The minimum Gasteiger partial charge on any atom is -0.444 e. The number of ether oxygens (including phenoxy) is 1. The third-order valence-corrected chi connectivity index (χ3v) is 4.53. The lowest BCUT2D eigenvalue weighted by atomic mass is 10.0. The fourth-order valence-corrected chi connectivity index (χ4v) is 3.01. The van der Waals surface area contributed by atoms with E-state index in [0.29, 0.717) is 25.4 Å². The van der Waals surface area contributed by atoms with Crippen molar-refractivity contribution in [3.63, 3.8) is 0 Å². The van der Waals surface area contributed by atoms with Crippen LogP contribution in [0.4, 0.5) is 4.39 Å². The van der Waals surface area contributed by atoms with E-state index in [1.165, 1.54) is 12.1 Å². The first-order valence-corrected chi connectivity index (χ1v) is 9.44. The van der Waals surface area contributed by atoms with Crippen molar-refractivity contribution in [1.82, 2.24) is 15.6 Å². The van der Waals surface area contributed by atoms with Crippen LogP contribution in [0.25, 0.3) is 11.5 Å². The standard InChI is InChI=1S/C20H27FN4O2.HI/c1-3-22-19(24-14-20(2)10-4-12-27-20)23-11-9-17-13-26-18(25-17)15-5-7-16(21)8-6-15;/h5-8,13H,3-4,9-12,14H2,1-2H3,(H2,22,23,24);1H. The lowest BCUT2D eigenvalue weighted by molar-refractivity contribution is 0.0283. The summed E-state index contributed by atoms with van der Waals surface area (Å²) >= 11 is 0. The highest BCUT2D eigenvalue weighted by Crippen LogP contribution is 2.25. The third kappa shape index (κ3) is 6.44. The molecule has 1 fully saturated rings. The van der Waals surface area contributed by atoms with Gasteiger partial charge in [-0.1, -0.05) is 0 Å². The second-order valence-corrected chi connectivity index (χ2v) is 6.92. The van der Waals surface area contributed by atoms with Gasteiger partial charge in [-0.05, 0) is 51.0 Å². The molecule has 0 radical (unpaired) electrons. The Hall–Kier alpha value is -1.68. The molecule has 2 heterocycles. The van der Waals surface area contributed by atoms with Gasteiger partial charge < -0.3 is 19.8 Å². The zero-order valence-corrected chi connectivity index (χ0v) is 18.7. The van der Waals surface area contributed by atoms with E-state index in [2.05, 4.69) is 27.5 Å². The van der Waals surface area contributed by atoms with Crippen LogP contribution in [0.5, 0.6) is 0 Å². The second kappa shape index (κ2) is 10.8. The maximum absolute atomic E-state index is 13.0. The van der Waals surface area contributed by atoms with Crippen LogP contribution in [0.15, 0.2) is 39.9 Å². The van der Waals surface area contributed by atoms with Crippen molar-refractivity contribution in [1.29, 1.82) is 0 Å². The number of rotatable bonds is 7. The normalized spacial score (nSPS) is 19.3. The summed E-state index contributed by atoms with van der Waals surface area (Å²) in [7, 11) is 0. The summed E-state index contributed by atoms with van der Waals surface area (Å²) in [6, 6.07) is 6.11. The number of hydrogen-bond acceptors (Lipinski definition) is 4. The predicted molar refractivity (Wildman–Crippen MR) is 119 cm³/mol. The van der Waals surface area contributed by atoms with Crippen LogP contribution in [-0.2, 0) is 11.2 Å². The highest BCUT2D eigenvalue weighted by molar-refractivity contribution is 14.0. The summed E-state index contributed by atoms with van der Waals surface area (Å²) in [5.41, 5.74) is 1.44. The number of hydrogen-bond donors (Lipinski definition) is 2. The third-order valence-electron chi connectivity index (χ3n) is 4.53. The SMILES string of the molecule is CCNC(=NCC1(C)CCCO1)NCCc1coc(-c2ccc(F)cc2)n1.I. The fourth-order valence-electron chi connectivity index (χ4n) is 3.01. The van der Waals surface area contributed by atoms with Gasteiger partial charge >= 0.3 is 0 Å². The Bertz CT molecular complexity index is 758. The maximum Gasteiger partial charge on any atom is 0.226 e. The van der Waals surface area contributed by atoms with E-state index in [9.17, 15) is 4.39 Å². The van der Waals surface area contributed by atoms with E-state index >= 15 is 0 Å². The molecule has 1 unspecified atom stereocenters. The average molecular weight is 502 g/mol. The molecule has 0 saturated carbocycles. The van der Waals surface area contributed by atoms with Gasteiger partial charge in [0.2, 0.25) is 5.89 Å². The van der Waals surface area contributed by atoms with Crippen molar-refractivity contribution in [2.24, 2.45) is 4.99 Å². The van der Waals surface area contributed by atoms with Crippen LogP contribution in [-0.4, -0.2) is 42.8 Å². The minimum absolute atomic E-state index is 0. The molecule has 6 nitrogen and oxygen atoms in total. The molecule has 2 aromatic rings. The molecule has 0 bridgehead atoms. The molecule has 0 amide bonds. The van der Waals surface area contributed by atoms with Crippen LogP contribution in [0.1, 0.15) is 32.4 Å². The molecule has 28 heavy (non-hydrogen) atoms. The number of oxazole rings is 1. The molecule has 1 atom stereocenters. The summed E-state index contributed by atoms with van der Waals surface area (Å²) in [6.45, 7) is 7.08. The van der Waals surface area contributed by atoms with E-state index in [4.69, 9.17) is 9.15 Å². The van der Waals surface area contributed by atoms with Gasteiger partial charge in [0.05, 0.1) is 17.8 Å². The number of halogens is 2. The van der Waals surface area contributed by atoms with Gasteiger partial charge in [-0.15, -0.1) is 24.0 Å². The first-order chi connectivity index (χ1) is 13.1. The summed E-state index contributed by atoms with van der Waals surface area (Å²) in [4.78, 5) is 9.11. The quantitative estimate of drug-likeness (QED) is 0.343. The number of aromatic nitrogens is 1. The van der Waals surface area contributed by atoms with Crippen molar-refractivity contribution in [2.75, 3.05) is 26.2 Å². The predicted octanol–water partition coefficient (Wildman–Crippen LogP) is 3.77. The van der Waals surface area contributed by atoms with Gasteiger partial charge in [-0.2, -0.15) is 0 Å². The smallest absolute Gasteiger partial charge is 0.226 e. The van der Waals surface area contributed by atoms with Gasteiger partial charge in [0, 0.05) is 31.7 Å². The van der Waals surface area contributed by atoms with E-state index in [1.807, 2.05) is 6.92 Å². The topological polar surface area (TPSA) is 71.7 Å². The Labute approximate surface area is 182 Å². The lowest BCUT2D eigenvalue weighted by Gasteiger charge is -2.21. The minimum atomic E-state index is -0.276. The lowest BCUT2D eigenvalue weighted by Crippen LogP contribution is -2.40. The van der Waals surface area contributed by atoms with E-state index in [0.717, 1.165) is 43.2 Å². The molecule has 1 aromatic heterocycles. The Balaban J connectivity index is 0.00000280. The summed E-state index contributed by atoms with van der Waals surface area (Å²) in [6.07, 6.45) is 4.47. The van der Waals surface area contributed by atoms with E-state index < -0.39 is 0 Å². The van der Waals surface area contributed by atoms with Crippen LogP contribution in [0, 0.1) is 5.82 Å². The molecule has 1 aliphatic rings. The largest absolute Gasteiger partial charge is 0.444 e. The summed E-state index contributed by atoms with van der Waals surface area (Å²) in [5, 5.41) is 6.57. The molecule has 2 N–H and O–H groups in total. The first kappa shape index (κ1) is 22.6. The van der Waals surface area contributed by atoms with Gasteiger partial charge in [0.25, 0.3) is 0 Å². The molecule has 154 valence electrons. The molecule has 0 spiro atoms. The number of aliphatic imine (C=N–C) groups is 1. The van der Waals surface area contributed by atoms with Crippen molar-refractivity contribution in [2.45, 2.75) is 38.7 Å². The highest BCUT2D eigenvalue weighted by atomic mass is 127. The molecular formula is C20H28FIN4O2. The Morgan fingerprint density at radius 2 is 2.07 bits per heavy atom. The Kier molecular flexibility index (Phi) is 8.68. The molecule has 0 aliphatic carbocycles. The molecule has 1 saturated heterocycles. The zero-order valence-electron chi connectivity index (χ0n) is 16.3. The van der Waals surface area contributed by atoms with Crippen LogP contribution >= 0.6 is 24.0 Å². The number of benzene rings is 1. The van der Waals surface area contributed by atoms with Crippen molar-refractivity contribution >= 4 is 29.9 Å². The van der Waals surface area contributed by atoms with Crippen LogP contribution in [0.2, 0.25) is 0 Å². The fraction of sp³-hybridized carbons (Fsp3) is 0.500. The van der Waals surface area contributed by atoms with Crippen LogP contribution in [0.3, 0.4) is 0 Å². The van der Waals surface area contributed by atoms with E-state index in [-0.39, 0.29) is 35.4 Å². The molecule has 1 aliphatic heterocycles. The number of nitrogens with one attached hydrogen (secondary N) is 2. The summed E-state index contributed by atoms with van der Waals surface area (Å²) < 4.78 is 24.3. The molecule has 1 aromatic carbocycles. The Morgan fingerprint density at radius 1 is 1.29 bits per heavy atom. The van der Waals surface area contributed by atoms with Gasteiger partial charge in [-0.25, -0.2) is 9.37 Å². The highest BCUT2D eigenvalue weighted by Gasteiger charge is 2.29. The van der Waals surface area contributed by atoms with E-state index in [1.54, 1.807) is 18.4 Å². The summed E-state index contributed by atoms with van der Waals surface area (Å²) in [5.74, 6) is 0.996. The van der Waals surface area contributed by atoms with Gasteiger partial charge in [-0.3, -0.25) is 4.99 Å². The second-order valence-electron chi connectivity index (χ2n) is 6.92. The Morgan fingerprint density at radius 3 is 2.75 bits per heavy atom. The molecule has 8 heteroatoms. The molecule has 3 rings (SSSR count). The zero-order chi connectivity index (χ0) is 19.1. The molecular weight excluding hydrogens is 474 g/mol. The van der Waals surface area contributed by atoms with Gasteiger partial charge in [0.15, 0.2) is 5.96 Å². The number of guanidine groups is 1. The monoisotopic (exact) mass is 502 g/mol. The first-order valence-electron chi connectivity index (χ1n) is 9.44. The average Bonchev–Trinajstić information content (AvgIpc) is 3.30. The van der Waals surface area contributed by atoms with Crippen molar-refractivity contribution < 1.29 is 13.5 Å². The van der Waals surface area contributed by atoms with Crippen molar-refractivity contribution in [3.05, 3.63) is 42.0 Å².